The fourth-order valence-electron chi connectivity index (χ4n) is 2.14. The van der Waals surface area contributed by atoms with Crippen molar-refractivity contribution in [3.63, 3.8) is 0 Å². The second-order valence-corrected chi connectivity index (χ2v) is 5.96. The molecule has 0 aliphatic heterocycles. The molecule has 1 aromatic carbocycles. The average molecular weight is 356 g/mol. The third-order valence-corrected chi connectivity index (χ3v) is 4.18. The fraction of sp³-hybridized carbons (Fsp3) is 0.176. The van der Waals surface area contributed by atoms with Crippen LogP contribution >= 0.6 is 11.3 Å². The number of benzene rings is 1. The van der Waals surface area contributed by atoms with Crippen LogP contribution in [0.5, 0.6) is 11.5 Å². The summed E-state index contributed by atoms with van der Waals surface area (Å²) in [6, 6.07) is 5.48. The van der Waals surface area contributed by atoms with Crippen LogP contribution in [0.3, 0.4) is 0 Å². The first-order valence-electron chi connectivity index (χ1n) is 7.38. The number of aryl methyl sites for hydroxylation is 1. The van der Waals surface area contributed by atoms with Gasteiger partial charge in [-0.05, 0) is 19.1 Å². The van der Waals surface area contributed by atoms with Gasteiger partial charge in [0, 0.05) is 23.2 Å². The minimum Gasteiger partial charge on any atom is -0.497 e. The second-order valence-electron chi connectivity index (χ2n) is 5.10. The molecule has 0 aliphatic rings. The third-order valence-electron chi connectivity index (χ3n) is 3.42. The van der Waals surface area contributed by atoms with Crippen LogP contribution in [0, 0.1) is 6.92 Å². The first-order chi connectivity index (χ1) is 12.1. The predicted octanol–water partition coefficient (Wildman–Crippen LogP) is 3.18. The van der Waals surface area contributed by atoms with Crippen LogP contribution in [-0.2, 0) is 0 Å². The smallest absolute Gasteiger partial charge is 0.277 e. The molecule has 3 rings (SSSR count). The summed E-state index contributed by atoms with van der Waals surface area (Å²) in [5.74, 6) is 0.990. The number of hydrogen-bond donors (Lipinski definition) is 1. The van der Waals surface area contributed by atoms with Crippen molar-refractivity contribution >= 4 is 22.4 Å². The first-order valence-corrected chi connectivity index (χ1v) is 8.26. The van der Waals surface area contributed by atoms with Crippen LogP contribution in [0.1, 0.15) is 16.2 Å². The van der Waals surface area contributed by atoms with Crippen LogP contribution in [0.4, 0.5) is 5.13 Å². The molecular formula is C17H16N4O3S. The number of anilines is 1. The lowest BCUT2D eigenvalue weighted by molar-refractivity contribution is 0.102. The molecule has 2 heterocycles. The first kappa shape index (κ1) is 16.8. The molecule has 1 N–H and O–H groups in total. The van der Waals surface area contributed by atoms with Gasteiger partial charge in [-0.3, -0.25) is 15.1 Å². The molecule has 0 spiro atoms. The van der Waals surface area contributed by atoms with E-state index in [2.05, 4.69) is 20.3 Å². The lowest BCUT2D eigenvalue weighted by atomic mass is 10.1. The Kier molecular flexibility index (Phi) is 4.90. The second kappa shape index (κ2) is 7.27. The van der Waals surface area contributed by atoms with Crippen molar-refractivity contribution < 1.29 is 14.3 Å². The van der Waals surface area contributed by atoms with Crippen LogP contribution in [0.2, 0.25) is 0 Å². The monoisotopic (exact) mass is 356 g/mol. The zero-order valence-corrected chi connectivity index (χ0v) is 14.8. The van der Waals surface area contributed by atoms with E-state index in [9.17, 15) is 4.79 Å². The van der Waals surface area contributed by atoms with Crippen molar-refractivity contribution in [3.05, 3.63) is 47.4 Å². The molecule has 0 saturated carbocycles. The van der Waals surface area contributed by atoms with Crippen molar-refractivity contribution in [1.82, 2.24) is 15.0 Å². The Labute approximate surface area is 148 Å². The molecule has 2 aromatic heterocycles. The lowest BCUT2D eigenvalue weighted by Gasteiger charge is -2.08. The van der Waals surface area contributed by atoms with Gasteiger partial charge < -0.3 is 9.47 Å². The van der Waals surface area contributed by atoms with E-state index >= 15 is 0 Å². The fourth-order valence-corrected chi connectivity index (χ4v) is 2.84. The topological polar surface area (TPSA) is 86.2 Å². The largest absolute Gasteiger partial charge is 0.497 e. The minimum atomic E-state index is -0.352. The summed E-state index contributed by atoms with van der Waals surface area (Å²) in [4.78, 5) is 24.8. The van der Waals surface area contributed by atoms with Gasteiger partial charge in [0.05, 0.1) is 31.8 Å². The molecule has 0 saturated heterocycles. The Morgan fingerprint density at radius 3 is 2.68 bits per heavy atom. The molecule has 25 heavy (non-hydrogen) atoms. The van der Waals surface area contributed by atoms with Crippen LogP contribution in [0.25, 0.3) is 11.3 Å². The van der Waals surface area contributed by atoms with Gasteiger partial charge in [-0.15, -0.1) is 11.3 Å². The molecule has 1 amide bonds. The average Bonchev–Trinajstić information content (AvgIpc) is 3.09. The number of amides is 1. The number of methoxy groups -OCH3 is 2. The number of carbonyl (C=O) groups is 1. The molecule has 0 aliphatic carbocycles. The Morgan fingerprint density at radius 1 is 1.16 bits per heavy atom. The number of carbonyl (C=O) groups excluding carboxylic acids is 1. The Hall–Kier alpha value is -3.00. The molecule has 0 atom stereocenters. The van der Waals surface area contributed by atoms with E-state index < -0.39 is 0 Å². The highest BCUT2D eigenvalue weighted by Gasteiger charge is 2.14. The highest BCUT2D eigenvalue weighted by molar-refractivity contribution is 7.14. The van der Waals surface area contributed by atoms with Gasteiger partial charge in [0.15, 0.2) is 5.13 Å². The summed E-state index contributed by atoms with van der Waals surface area (Å²) < 4.78 is 10.6. The van der Waals surface area contributed by atoms with Gasteiger partial charge >= 0.3 is 0 Å². The molecule has 0 bridgehead atoms. The number of ether oxygens (including phenoxy) is 2. The van der Waals surface area contributed by atoms with E-state index in [-0.39, 0.29) is 11.6 Å². The van der Waals surface area contributed by atoms with Gasteiger partial charge in [0.25, 0.3) is 5.91 Å². The van der Waals surface area contributed by atoms with E-state index in [1.165, 1.54) is 17.5 Å². The van der Waals surface area contributed by atoms with E-state index in [1.54, 1.807) is 26.5 Å². The number of nitrogens with zero attached hydrogens (tertiary/aromatic N) is 3. The summed E-state index contributed by atoms with van der Waals surface area (Å²) in [6.45, 7) is 1.81. The quantitative estimate of drug-likeness (QED) is 0.756. The molecular weight excluding hydrogens is 340 g/mol. The minimum absolute atomic E-state index is 0.240. The molecule has 0 unspecified atom stereocenters. The van der Waals surface area contributed by atoms with Crippen LogP contribution in [-0.4, -0.2) is 35.1 Å². The van der Waals surface area contributed by atoms with Gasteiger partial charge in [-0.2, -0.15) is 0 Å². The van der Waals surface area contributed by atoms with Gasteiger partial charge in [-0.25, -0.2) is 9.97 Å². The number of hydrogen-bond acceptors (Lipinski definition) is 7. The number of nitrogens with one attached hydrogen (secondary N) is 1. The van der Waals surface area contributed by atoms with E-state index in [1.807, 2.05) is 24.4 Å². The normalized spacial score (nSPS) is 10.4. The Bertz CT molecular complexity index is 893. The molecule has 0 fully saturated rings. The summed E-state index contributed by atoms with van der Waals surface area (Å²) in [5, 5.41) is 5.05. The lowest BCUT2D eigenvalue weighted by Crippen LogP contribution is -2.14. The molecule has 8 heteroatoms. The van der Waals surface area contributed by atoms with E-state index in [0.717, 1.165) is 11.3 Å². The van der Waals surface area contributed by atoms with E-state index in [0.29, 0.717) is 22.3 Å². The van der Waals surface area contributed by atoms with Crippen molar-refractivity contribution in [3.8, 4) is 22.8 Å². The Balaban J connectivity index is 1.81. The summed E-state index contributed by atoms with van der Waals surface area (Å²) >= 11 is 1.32. The summed E-state index contributed by atoms with van der Waals surface area (Å²) in [5.41, 5.74) is 2.51. The maximum atomic E-state index is 12.2. The van der Waals surface area contributed by atoms with Crippen molar-refractivity contribution in [1.29, 1.82) is 0 Å². The molecule has 0 radical (unpaired) electrons. The van der Waals surface area contributed by atoms with Crippen molar-refractivity contribution in [2.45, 2.75) is 6.92 Å². The highest BCUT2D eigenvalue weighted by atomic mass is 32.1. The standard InChI is InChI=1S/C17H16N4O3S/c1-10-7-19-13(8-18-10)16(22)21-17-20-14(9-25-17)12-5-4-11(23-2)6-15(12)24-3/h4-9H,1-3H3,(H,20,21,22). The van der Waals surface area contributed by atoms with E-state index in [4.69, 9.17) is 9.47 Å². The zero-order chi connectivity index (χ0) is 17.8. The summed E-state index contributed by atoms with van der Waals surface area (Å²) in [7, 11) is 3.18. The Morgan fingerprint density at radius 2 is 2.00 bits per heavy atom. The van der Waals surface area contributed by atoms with Gasteiger partial charge in [0.1, 0.15) is 17.2 Å². The van der Waals surface area contributed by atoms with Gasteiger partial charge in [-0.1, -0.05) is 0 Å². The maximum Gasteiger partial charge on any atom is 0.277 e. The number of rotatable bonds is 5. The predicted molar refractivity (Wildman–Crippen MR) is 95.4 cm³/mol. The van der Waals surface area contributed by atoms with Crippen molar-refractivity contribution in [2.24, 2.45) is 0 Å². The molecule has 128 valence electrons. The SMILES string of the molecule is COc1ccc(-c2csc(NC(=O)c3cnc(C)cn3)n2)c(OC)c1. The zero-order valence-electron chi connectivity index (χ0n) is 13.9. The maximum absolute atomic E-state index is 12.2. The summed E-state index contributed by atoms with van der Waals surface area (Å²) in [6.07, 6.45) is 2.98. The molecule has 3 aromatic rings. The van der Waals surface area contributed by atoms with Crippen LogP contribution in [0.15, 0.2) is 36.0 Å². The third kappa shape index (κ3) is 3.74. The highest BCUT2D eigenvalue weighted by Crippen LogP contribution is 2.34. The molecule has 7 nitrogen and oxygen atoms in total. The number of thiazole rings is 1. The van der Waals surface area contributed by atoms with Gasteiger partial charge in [0.2, 0.25) is 0 Å². The number of aromatic nitrogens is 3. The van der Waals surface area contributed by atoms with Crippen molar-refractivity contribution in [2.75, 3.05) is 19.5 Å². The van der Waals surface area contributed by atoms with Crippen LogP contribution < -0.4 is 14.8 Å².